The summed E-state index contributed by atoms with van der Waals surface area (Å²) in [6, 6.07) is 0.996. The lowest BCUT2D eigenvalue weighted by Crippen LogP contribution is -2.18. The monoisotopic (exact) mass is 279 g/mol. The molecule has 1 rings (SSSR count). The van der Waals surface area contributed by atoms with Gasteiger partial charge in [-0.3, -0.25) is 9.78 Å². The number of carbonyl (C=O) groups excluding carboxylic acids is 1. The molecule has 0 amide bonds. The summed E-state index contributed by atoms with van der Waals surface area (Å²) in [4.78, 5) is 15.0. The number of aryl methyl sites for hydroxylation is 1. The molecule has 0 saturated carbocycles. The molecule has 1 heterocycles. The molecule has 1 aromatic heterocycles. The number of rotatable bonds is 4. The fraction of sp³-hybridized carbons (Fsp3) is 0.455. The van der Waals surface area contributed by atoms with Crippen LogP contribution >= 0.6 is 0 Å². The fourth-order valence-electron chi connectivity index (χ4n) is 1.45. The maximum Gasteiger partial charge on any atom is 0.573 e. The summed E-state index contributed by atoms with van der Waals surface area (Å²) in [6.07, 6.45) is -5.11. The molecule has 0 fully saturated rings. The van der Waals surface area contributed by atoms with Crippen LogP contribution in [0.5, 0.6) is 11.5 Å². The fourth-order valence-corrected chi connectivity index (χ4v) is 1.45. The summed E-state index contributed by atoms with van der Waals surface area (Å²) < 4.78 is 49.8. The van der Waals surface area contributed by atoms with Crippen molar-refractivity contribution in [1.82, 2.24) is 4.98 Å². The third-order valence-corrected chi connectivity index (χ3v) is 2.14. The summed E-state index contributed by atoms with van der Waals surface area (Å²) >= 11 is 0. The predicted octanol–water partition coefficient (Wildman–Crippen LogP) is 2.01. The number of hydrogen-bond acceptors (Lipinski definition) is 5. The normalized spacial score (nSPS) is 11.1. The minimum atomic E-state index is -4.86. The molecule has 0 aliphatic rings. The Balaban J connectivity index is 3.14. The van der Waals surface area contributed by atoms with E-state index in [1.165, 1.54) is 21.1 Å². The first-order valence-electron chi connectivity index (χ1n) is 5.14. The number of aromatic nitrogens is 1. The van der Waals surface area contributed by atoms with E-state index < -0.39 is 18.1 Å². The molecular weight excluding hydrogens is 267 g/mol. The number of esters is 1. The van der Waals surface area contributed by atoms with Crippen molar-refractivity contribution in [1.29, 1.82) is 0 Å². The van der Waals surface area contributed by atoms with E-state index >= 15 is 0 Å². The number of hydrogen-bond donors (Lipinski definition) is 0. The molecular formula is C11H12F3NO4. The molecule has 0 aliphatic heterocycles. The van der Waals surface area contributed by atoms with Gasteiger partial charge < -0.3 is 14.2 Å². The van der Waals surface area contributed by atoms with E-state index in [1.54, 1.807) is 0 Å². The Morgan fingerprint density at radius 2 is 2.00 bits per heavy atom. The van der Waals surface area contributed by atoms with E-state index in [1.807, 2.05) is 0 Å². The molecule has 5 nitrogen and oxygen atoms in total. The third-order valence-electron chi connectivity index (χ3n) is 2.14. The van der Waals surface area contributed by atoms with Gasteiger partial charge in [-0.05, 0) is 6.92 Å². The van der Waals surface area contributed by atoms with Crippen LogP contribution < -0.4 is 9.47 Å². The second-order valence-corrected chi connectivity index (χ2v) is 3.53. The second kappa shape index (κ2) is 5.77. The van der Waals surface area contributed by atoms with Crippen molar-refractivity contribution >= 4 is 5.97 Å². The molecule has 106 valence electrons. The van der Waals surface area contributed by atoms with Gasteiger partial charge >= 0.3 is 12.3 Å². The zero-order chi connectivity index (χ0) is 14.6. The first-order valence-corrected chi connectivity index (χ1v) is 5.14. The van der Waals surface area contributed by atoms with Crippen LogP contribution in [0.3, 0.4) is 0 Å². The molecule has 1 aromatic rings. The highest BCUT2D eigenvalue weighted by atomic mass is 19.4. The van der Waals surface area contributed by atoms with Crippen molar-refractivity contribution in [3.8, 4) is 11.5 Å². The smallest absolute Gasteiger partial charge is 0.491 e. The number of carbonyl (C=O) groups is 1. The Hall–Kier alpha value is -1.99. The van der Waals surface area contributed by atoms with Gasteiger partial charge in [-0.15, -0.1) is 13.2 Å². The van der Waals surface area contributed by atoms with Gasteiger partial charge in [0.05, 0.1) is 32.0 Å². The largest absolute Gasteiger partial charge is 0.573 e. The number of alkyl halides is 3. The summed E-state index contributed by atoms with van der Waals surface area (Å²) in [5.74, 6) is -1.29. The molecule has 0 N–H and O–H groups in total. The molecule has 0 spiro atoms. The minimum absolute atomic E-state index is 0.101. The molecule has 0 aliphatic carbocycles. The Morgan fingerprint density at radius 1 is 1.37 bits per heavy atom. The van der Waals surface area contributed by atoms with Gasteiger partial charge in [0, 0.05) is 6.07 Å². The van der Waals surface area contributed by atoms with Gasteiger partial charge in [0.15, 0.2) is 11.5 Å². The number of pyridine rings is 1. The summed E-state index contributed by atoms with van der Waals surface area (Å²) in [5.41, 5.74) is 0.285. The SMILES string of the molecule is COC(=O)Cc1cc(OC(F)(F)F)c(OC)c(C)n1. The van der Waals surface area contributed by atoms with Crippen LogP contribution in [-0.4, -0.2) is 31.5 Å². The van der Waals surface area contributed by atoms with Crippen molar-refractivity contribution in [3.05, 3.63) is 17.5 Å². The highest BCUT2D eigenvalue weighted by Gasteiger charge is 2.33. The Morgan fingerprint density at radius 3 is 2.47 bits per heavy atom. The predicted molar refractivity (Wildman–Crippen MR) is 57.9 cm³/mol. The minimum Gasteiger partial charge on any atom is -0.491 e. The average molecular weight is 279 g/mol. The second-order valence-electron chi connectivity index (χ2n) is 3.53. The van der Waals surface area contributed by atoms with Gasteiger partial charge in [0.2, 0.25) is 0 Å². The molecule has 8 heteroatoms. The van der Waals surface area contributed by atoms with E-state index in [-0.39, 0.29) is 23.6 Å². The molecule has 0 bridgehead atoms. The maximum absolute atomic E-state index is 12.3. The Bertz CT molecular complexity index is 474. The van der Waals surface area contributed by atoms with Gasteiger partial charge in [-0.1, -0.05) is 0 Å². The summed E-state index contributed by atoms with van der Waals surface area (Å²) in [6.45, 7) is 1.45. The van der Waals surface area contributed by atoms with Crippen molar-refractivity contribution in [2.24, 2.45) is 0 Å². The van der Waals surface area contributed by atoms with E-state index in [0.717, 1.165) is 6.07 Å². The number of methoxy groups -OCH3 is 2. The Kier molecular flexibility index (Phi) is 4.57. The summed E-state index contributed by atoms with van der Waals surface area (Å²) in [5, 5.41) is 0. The van der Waals surface area contributed by atoms with E-state index in [0.29, 0.717) is 0 Å². The zero-order valence-electron chi connectivity index (χ0n) is 10.5. The van der Waals surface area contributed by atoms with Crippen LogP contribution in [0.15, 0.2) is 6.07 Å². The maximum atomic E-state index is 12.3. The topological polar surface area (TPSA) is 57.7 Å². The highest BCUT2D eigenvalue weighted by Crippen LogP contribution is 2.34. The molecule has 0 saturated heterocycles. The number of halogens is 3. The van der Waals surface area contributed by atoms with Crippen molar-refractivity contribution < 1.29 is 32.2 Å². The number of ether oxygens (including phenoxy) is 3. The van der Waals surface area contributed by atoms with Gasteiger partial charge in [0.25, 0.3) is 0 Å². The van der Waals surface area contributed by atoms with Crippen LogP contribution in [0.4, 0.5) is 13.2 Å². The van der Waals surface area contributed by atoms with Crippen LogP contribution in [0.25, 0.3) is 0 Å². The van der Waals surface area contributed by atoms with Crippen molar-refractivity contribution in [3.63, 3.8) is 0 Å². The highest BCUT2D eigenvalue weighted by molar-refractivity contribution is 5.72. The van der Waals surface area contributed by atoms with Crippen LogP contribution in [0.1, 0.15) is 11.4 Å². The lowest BCUT2D eigenvalue weighted by Gasteiger charge is -2.15. The van der Waals surface area contributed by atoms with E-state index in [9.17, 15) is 18.0 Å². The van der Waals surface area contributed by atoms with Crippen molar-refractivity contribution in [2.75, 3.05) is 14.2 Å². The Labute approximate surface area is 107 Å². The molecule has 0 atom stereocenters. The van der Waals surface area contributed by atoms with Crippen molar-refractivity contribution in [2.45, 2.75) is 19.7 Å². The zero-order valence-corrected chi connectivity index (χ0v) is 10.5. The molecule has 19 heavy (non-hydrogen) atoms. The van der Waals surface area contributed by atoms with E-state index in [2.05, 4.69) is 14.5 Å². The lowest BCUT2D eigenvalue weighted by molar-refractivity contribution is -0.275. The lowest BCUT2D eigenvalue weighted by atomic mass is 10.2. The molecule has 0 unspecified atom stereocenters. The van der Waals surface area contributed by atoms with Gasteiger partial charge in [0.1, 0.15) is 0 Å². The molecule has 0 aromatic carbocycles. The first-order chi connectivity index (χ1) is 8.76. The van der Waals surface area contributed by atoms with E-state index in [4.69, 9.17) is 4.74 Å². The number of nitrogens with zero attached hydrogens (tertiary/aromatic N) is 1. The quantitative estimate of drug-likeness (QED) is 0.789. The third kappa shape index (κ3) is 4.31. The van der Waals surface area contributed by atoms with Gasteiger partial charge in [-0.2, -0.15) is 0 Å². The average Bonchev–Trinajstić information content (AvgIpc) is 2.26. The van der Waals surface area contributed by atoms with Gasteiger partial charge in [-0.25, -0.2) is 0 Å². The van der Waals surface area contributed by atoms with Crippen LogP contribution in [0, 0.1) is 6.92 Å². The molecule has 0 radical (unpaired) electrons. The first kappa shape index (κ1) is 15.1. The summed E-state index contributed by atoms with van der Waals surface area (Å²) in [7, 11) is 2.37. The van der Waals surface area contributed by atoms with Crippen LogP contribution in [-0.2, 0) is 16.0 Å². The standard InChI is InChI=1S/C11H12F3NO4/c1-6-10(18-3)8(19-11(12,13)14)4-7(15-6)5-9(16)17-2/h4H,5H2,1-3H3. The van der Waals surface area contributed by atoms with Crippen LogP contribution in [0.2, 0.25) is 0 Å².